The summed E-state index contributed by atoms with van der Waals surface area (Å²) in [5.74, 6) is 0.407. The maximum atomic E-state index is 12.9. The van der Waals surface area contributed by atoms with Crippen LogP contribution in [0, 0.1) is 13.8 Å². The normalized spacial score (nSPS) is 17.1. The Hall–Kier alpha value is -2.45. The van der Waals surface area contributed by atoms with Crippen molar-refractivity contribution < 1.29 is 17.9 Å². The average molecular weight is 404 g/mol. The second-order valence-corrected chi connectivity index (χ2v) is 9.00. The third kappa shape index (κ3) is 4.02. The topological polar surface area (TPSA) is 88.6 Å². The minimum absolute atomic E-state index is 0.197. The van der Waals surface area contributed by atoms with Gasteiger partial charge in [-0.05, 0) is 31.4 Å². The molecule has 7 nitrogen and oxygen atoms in total. The van der Waals surface area contributed by atoms with E-state index in [0.717, 1.165) is 34.3 Å². The van der Waals surface area contributed by atoms with Crippen molar-refractivity contribution in [2.75, 3.05) is 13.4 Å². The van der Waals surface area contributed by atoms with Crippen molar-refractivity contribution in [1.82, 2.24) is 14.6 Å². The van der Waals surface area contributed by atoms with Gasteiger partial charge in [-0.15, -0.1) is 0 Å². The minimum atomic E-state index is -3.53. The van der Waals surface area contributed by atoms with Crippen molar-refractivity contribution in [3.8, 4) is 5.75 Å². The molecule has 8 heteroatoms. The Labute approximate surface area is 165 Å². The summed E-state index contributed by atoms with van der Waals surface area (Å²) in [4.78, 5) is 17.3. The van der Waals surface area contributed by atoms with Gasteiger partial charge in [0, 0.05) is 23.9 Å². The summed E-state index contributed by atoms with van der Waals surface area (Å²) in [5.41, 5.74) is 4.39. The SMILES string of the molecule is COc1c(C)cnc(CNC(=O)[C@H]2Cc3ccccc3CN2S(C)(=O)=O)c1C. The first kappa shape index (κ1) is 20.3. The molecule has 0 radical (unpaired) electrons. The molecule has 0 unspecified atom stereocenters. The number of ether oxygens (including phenoxy) is 1. The molecule has 3 rings (SSSR count). The van der Waals surface area contributed by atoms with Crippen molar-refractivity contribution >= 4 is 15.9 Å². The first-order valence-electron chi connectivity index (χ1n) is 9.02. The van der Waals surface area contributed by atoms with E-state index in [9.17, 15) is 13.2 Å². The van der Waals surface area contributed by atoms with E-state index in [1.54, 1.807) is 13.3 Å². The van der Waals surface area contributed by atoms with E-state index in [1.807, 2.05) is 38.1 Å². The lowest BCUT2D eigenvalue weighted by Crippen LogP contribution is -2.52. The highest BCUT2D eigenvalue weighted by atomic mass is 32.2. The Morgan fingerprint density at radius 2 is 1.96 bits per heavy atom. The zero-order chi connectivity index (χ0) is 20.5. The summed E-state index contributed by atoms with van der Waals surface area (Å²) >= 11 is 0. The Kier molecular flexibility index (Phi) is 5.71. The maximum absolute atomic E-state index is 12.9. The van der Waals surface area contributed by atoms with Crippen molar-refractivity contribution in [3.05, 3.63) is 58.4 Å². The minimum Gasteiger partial charge on any atom is -0.496 e. The monoisotopic (exact) mass is 403 g/mol. The van der Waals surface area contributed by atoms with Crippen LogP contribution in [0.2, 0.25) is 0 Å². The third-order valence-corrected chi connectivity index (χ3v) is 6.35. The van der Waals surface area contributed by atoms with Crippen LogP contribution in [0.1, 0.15) is 27.9 Å². The molecule has 150 valence electrons. The Morgan fingerprint density at radius 1 is 1.29 bits per heavy atom. The molecule has 28 heavy (non-hydrogen) atoms. The number of hydrogen-bond acceptors (Lipinski definition) is 5. The second-order valence-electron chi connectivity index (χ2n) is 7.06. The van der Waals surface area contributed by atoms with E-state index in [1.165, 1.54) is 4.31 Å². The van der Waals surface area contributed by atoms with Gasteiger partial charge in [-0.2, -0.15) is 4.31 Å². The molecule has 1 aromatic heterocycles. The van der Waals surface area contributed by atoms with E-state index in [2.05, 4.69) is 10.3 Å². The number of carbonyl (C=O) groups is 1. The van der Waals surface area contributed by atoms with Crippen LogP contribution < -0.4 is 10.1 Å². The van der Waals surface area contributed by atoms with Gasteiger partial charge in [-0.1, -0.05) is 24.3 Å². The van der Waals surface area contributed by atoms with E-state index in [-0.39, 0.29) is 19.0 Å². The van der Waals surface area contributed by atoms with Crippen LogP contribution in [-0.2, 0) is 34.3 Å². The molecule has 2 aromatic rings. The molecular formula is C20H25N3O4S. The summed E-state index contributed by atoms with van der Waals surface area (Å²) in [7, 11) is -1.93. The molecule has 1 aromatic carbocycles. The number of methoxy groups -OCH3 is 1. The van der Waals surface area contributed by atoms with Gasteiger partial charge in [0.25, 0.3) is 0 Å². The number of aromatic nitrogens is 1. The number of hydrogen-bond donors (Lipinski definition) is 1. The predicted octanol–water partition coefficient (Wildman–Crippen LogP) is 1.71. The number of nitrogens with one attached hydrogen (secondary N) is 1. The van der Waals surface area contributed by atoms with E-state index >= 15 is 0 Å². The smallest absolute Gasteiger partial charge is 0.239 e. The van der Waals surface area contributed by atoms with Gasteiger partial charge in [0.2, 0.25) is 15.9 Å². The molecule has 1 amide bonds. The number of sulfonamides is 1. The van der Waals surface area contributed by atoms with Crippen LogP contribution in [0.15, 0.2) is 30.5 Å². The lowest BCUT2D eigenvalue weighted by Gasteiger charge is -2.34. The second kappa shape index (κ2) is 7.89. The lowest BCUT2D eigenvalue weighted by atomic mass is 9.95. The first-order valence-corrected chi connectivity index (χ1v) is 10.9. The summed E-state index contributed by atoms with van der Waals surface area (Å²) in [6.45, 7) is 4.20. The largest absolute Gasteiger partial charge is 0.496 e. The molecule has 0 saturated heterocycles. The molecule has 1 aliphatic heterocycles. The van der Waals surface area contributed by atoms with Gasteiger partial charge in [0.15, 0.2) is 0 Å². The van der Waals surface area contributed by atoms with Crippen molar-refractivity contribution in [3.63, 3.8) is 0 Å². The zero-order valence-corrected chi connectivity index (χ0v) is 17.3. The standard InChI is InChI=1S/C20H25N3O4S/c1-13-10-21-17(14(2)19(13)27-3)11-22-20(24)18-9-15-7-5-6-8-16(15)12-23(18)28(4,25)26/h5-8,10,18H,9,11-12H2,1-4H3,(H,22,24)/t18-/m1/s1. The van der Waals surface area contributed by atoms with Crippen LogP contribution in [0.3, 0.4) is 0 Å². The lowest BCUT2D eigenvalue weighted by molar-refractivity contribution is -0.125. The molecule has 2 heterocycles. The number of carbonyl (C=O) groups excluding carboxylic acids is 1. The Bertz CT molecular complexity index is 1000. The first-order chi connectivity index (χ1) is 13.2. The summed E-state index contributed by atoms with van der Waals surface area (Å²) in [5, 5.41) is 2.85. The molecule has 0 bridgehead atoms. The van der Waals surface area contributed by atoms with Crippen LogP contribution in [0.5, 0.6) is 5.75 Å². The summed E-state index contributed by atoms with van der Waals surface area (Å²) in [6.07, 6.45) is 3.18. The van der Waals surface area contributed by atoms with Crippen molar-refractivity contribution in [2.24, 2.45) is 0 Å². The van der Waals surface area contributed by atoms with Gasteiger partial charge in [-0.3, -0.25) is 9.78 Å². The number of pyridine rings is 1. The van der Waals surface area contributed by atoms with Gasteiger partial charge in [0.1, 0.15) is 11.8 Å². The van der Waals surface area contributed by atoms with Gasteiger partial charge >= 0.3 is 0 Å². The molecule has 0 aliphatic carbocycles. The number of fused-ring (bicyclic) bond motifs is 1. The van der Waals surface area contributed by atoms with Crippen LogP contribution >= 0.6 is 0 Å². The number of benzene rings is 1. The molecule has 1 atom stereocenters. The molecule has 0 saturated carbocycles. The summed E-state index contributed by atoms with van der Waals surface area (Å²) < 4.78 is 31.2. The van der Waals surface area contributed by atoms with E-state index < -0.39 is 16.1 Å². The Balaban J connectivity index is 1.81. The predicted molar refractivity (Wildman–Crippen MR) is 106 cm³/mol. The Morgan fingerprint density at radius 3 is 2.61 bits per heavy atom. The summed E-state index contributed by atoms with van der Waals surface area (Å²) in [6, 6.07) is 6.83. The number of rotatable bonds is 5. The molecule has 0 fully saturated rings. The molecule has 1 N–H and O–H groups in total. The molecular weight excluding hydrogens is 378 g/mol. The van der Waals surface area contributed by atoms with Crippen molar-refractivity contribution in [2.45, 2.75) is 39.4 Å². The van der Waals surface area contributed by atoms with E-state index in [0.29, 0.717) is 12.1 Å². The third-order valence-electron chi connectivity index (χ3n) is 5.11. The molecule has 0 spiro atoms. The number of nitrogens with zero attached hydrogens (tertiary/aromatic N) is 2. The fraction of sp³-hybridized carbons (Fsp3) is 0.400. The zero-order valence-electron chi connectivity index (χ0n) is 16.5. The fourth-order valence-corrected chi connectivity index (χ4v) is 4.62. The van der Waals surface area contributed by atoms with E-state index in [4.69, 9.17) is 4.74 Å². The van der Waals surface area contributed by atoms with Gasteiger partial charge in [0.05, 0.1) is 25.6 Å². The van der Waals surface area contributed by atoms with Gasteiger partial charge < -0.3 is 10.1 Å². The number of aryl methyl sites for hydroxylation is 1. The highest BCUT2D eigenvalue weighted by molar-refractivity contribution is 7.88. The quantitative estimate of drug-likeness (QED) is 0.821. The number of amides is 1. The molecule has 1 aliphatic rings. The maximum Gasteiger partial charge on any atom is 0.239 e. The van der Waals surface area contributed by atoms with Crippen LogP contribution in [-0.4, -0.2) is 43.0 Å². The van der Waals surface area contributed by atoms with Gasteiger partial charge in [-0.25, -0.2) is 8.42 Å². The van der Waals surface area contributed by atoms with Crippen molar-refractivity contribution in [1.29, 1.82) is 0 Å². The van der Waals surface area contributed by atoms with Crippen LogP contribution in [0.4, 0.5) is 0 Å². The fourth-order valence-electron chi connectivity index (χ4n) is 3.61. The van der Waals surface area contributed by atoms with Crippen LogP contribution in [0.25, 0.3) is 0 Å². The highest BCUT2D eigenvalue weighted by Crippen LogP contribution is 2.26. The average Bonchev–Trinajstić information content (AvgIpc) is 2.66. The highest BCUT2D eigenvalue weighted by Gasteiger charge is 2.36.